The van der Waals surface area contributed by atoms with Gasteiger partial charge in [0.1, 0.15) is 11.3 Å². The first-order valence-corrected chi connectivity index (χ1v) is 9.38. The van der Waals surface area contributed by atoms with E-state index in [-0.39, 0.29) is 18.1 Å². The summed E-state index contributed by atoms with van der Waals surface area (Å²) in [5.41, 5.74) is 2.11. The SMILES string of the molecule is CC(Oc1ccc2c3c(c(=O)oc2c1)CCCC3)C(=O)NCC1OCCO1. The Bertz CT molecular complexity index is 899. The molecule has 1 aromatic heterocycles. The Labute approximate surface area is 156 Å². The average molecular weight is 373 g/mol. The van der Waals surface area contributed by atoms with Crippen molar-refractivity contribution in [2.24, 2.45) is 0 Å². The molecule has 2 heterocycles. The van der Waals surface area contributed by atoms with Gasteiger partial charge in [0.15, 0.2) is 12.4 Å². The standard InChI is InChI=1S/C20H23NO6/c1-12(19(22)21-11-18-24-8-9-25-18)26-13-6-7-15-14-4-2-3-5-16(14)20(23)27-17(15)10-13/h6-7,10,12,18H,2-5,8-9,11H2,1H3,(H,21,22). The van der Waals surface area contributed by atoms with E-state index in [9.17, 15) is 9.59 Å². The van der Waals surface area contributed by atoms with Gasteiger partial charge in [-0.3, -0.25) is 4.79 Å². The molecule has 1 saturated heterocycles. The lowest BCUT2D eigenvalue weighted by Crippen LogP contribution is -2.40. The number of fused-ring (bicyclic) bond motifs is 3. The van der Waals surface area contributed by atoms with Crippen molar-refractivity contribution < 1.29 is 23.4 Å². The third kappa shape index (κ3) is 3.84. The molecule has 7 nitrogen and oxygen atoms in total. The predicted octanol–water partition coefficient (Wildman–Crippen LogP) is 1.93. The topological polar surface area (TPSA) is 87.0 Å². The van der Waals surface area contributed by atoms with Crippen molar-refractivity contribution >= 4 is 16.9 Å². The van der Waals surface area contributed by atoms with Gasteiger partial charge in [-0.25, -0.2) is 4.79 Å². The molecule has 7 heteroatoms. The van der Waals surface area contributed by atoms with Crippen LogP contribution in [0.2, 0.25) is 0 Å². The monoisotopic (exact) mass is 373 g/mol. The normalized spacial score (nSPS) is 18.3. The molecular formula is C20H23NO6. The van der Waals surface area contributed by atoms with E-state index in [0.29, 0.717) is 24.5 Å². The summed E-state index contributed by atoms with van der Waals surface area (Å²) in [4.78, 5) is 24.4. The van der Waals surface area contributed by atoms with Gasteiger partial charge in [0.25, 0.3) is 5.91 Å². The Balaban J connectivity index is 1.47. The number of rotatable bonds is 5. The van der Waals surface area contributed by atoms with E-state index >= 15 is 0 Å². The van der Waals surface area contributed by atoms with Crippen molar-refractivity contribution in [3.63, 3.8) is 0 Å². The smallest absolute Gasteiger partial charge is 0.339 e. The molecule has 27 heavy (non-hydrogen) atoms. The maximum atomic E-state index is 12.2. The van der Waals surface area contributed by atoms with Crippen molar-refractivity contribution in [2.75, 3.05) is 19.8 Å². The molecule has 2 aliphatic rings. The summed E-state index contributed by atoms with van der Waals surface area (Å²) < 4.78 is 21.8. The van der Waals surface area contributed by atoms with Gasteiger partial charge in [-0.05, 0) is 50.3 Å². The molecule has 1 atom stereocenters. The van der Waals surface area contributed by atoms with E-state index in [2.05, 4.69) is 5.32 Å². The molecule has 4 rings (SSSR count). The van der Waals surface area contributed by atoms with Crippen LogP contribution in [0.15, 0.2) is 27.4 Å². The lowest BCUT2D eigenvalue weighted by Gasteiger charge is -2.18. The minimum absolute atomic E-state index is 0.263. The van der Waals surface area contributed by atoms with Crippen molar-refractivity contribution in [1.29, 1.82) is 0 Å². The summed E-state index contributed by atoms with van der Waals surface area (Å²) in [6.07, 6.45) is 2.67. The van der Waals surface area contributed by atoms with E-state index in [1.165, 1.54) is 0 Å². The summed E-state index contributed by atoms with van der Waals surface area (Å²) in [7, 11) is 0. The average Bonchev–Trinajstić information content (AvgIpc) is 3.20. The summed E-state index contributed by atoms with van der Waals surface area (Å²) in [5.74, 6) is 0.221. The fourth-order valence-corrected chi connectivity index (χ4v) is 3.61. The summed E-state index contributed by atoms with van der Waals surface area (Å²) in [6.45, 7) is 3.03. The first-order valence-electron chi connectivity index (χ1n) is 9.38. The Hall–Kier alpha value is -2.38. The molecule has 1 unspecified atom stereocenters. The molecule has 2 aromatic rings. The zero-order valence-corrected chi connectivity index (χ0v) is 15.3. The largest absolute Gasteiger partial charge is 0.481 e. The molecule has 1 amide bonds. The molecule has 1 N–H and O–H groups in total. The zero-order chi connectivity index (χ0) is 18.8. The Kier molecular flexibility index (Phi) is 5.13. The lowest BCUT2D eigenvalue weighted by atomic mass is 9.91. The van der Waals surface area contributed by atoms with Gasteiger partial charge in [0.2, 0.25) is 0 Å². The number of carbonyl (C=O) groups is 1. The fourth-order valence-electron chi connectivity index (χ4n) is 3.61. The second kappa shape index (κ2) is 7.70. The Morgan fingerprint density at radius 1 is 1.22 bits per heavy atom. The maximum Gasteiger partial charge on any atom is 0.339 e. The zero-order valence-electron chi connectivity index (χ0n) is 15.3. The van der Waals surface area contributed by atoms with E-state index in [4.69, 9.17) is 18.6 Å². The quantitative estimate of drug-likeness (QED) is 0.806. The highest BCUT2D eigenvalue weighted by atomic mass is 16.7. The van der Waals surface area contributed by atoms with Gasteiger partial charge in [0.05, 0.1) is 19.8 Å². The second-order valence-corrected chi connectivity index (χ2v) is 6.89. The molecule has 1 fully saturated rings. The highest BCUT2D eigenvalue weighted by Crippen LogP contribution is 2.29. The highest BCUT2D eigenvalue weighted by molar-refractivity contribution is 5.83. The van der Waals surface area contributed by atoms with Gasteiger partial charge in [-0.2, -0.15) is 0 Å². The van der Waals surface area contributed by atoms with Gasteiger partial charge in [0, 0.05) is 17.0 Å². The number of carbonyl (C=O) groups excluding carboxylic acids is 1. The van der Waals surface area contributed by atoms with E-state index in [1.54, 1.807) is 13.0 Å². The molecule has 0 radical (unpaired) electrons. The Morgan fingerprint density at radius 2 is 1.96 bits per heavy atom. The molecule has 0 saturated carbocycles. The second-order valence-electron chi connectivity index (χ2n) is 6.89. The van der Waals surface area contributed by atoms with Crippen molar-refractivity contribution in [2.45, 2.75) is 45.0 Å². The van der Waals surface area contributed by atoms with Crippen LogP contribution in [-0.2, 0) is 27.1 Å². The minimum atomic E-state index is -0.701. The predicted molar refractivity (Wildman–Crippen MR) is 97.9 cm³/mol. The first-order chi connectivity index (χ1) is 13.1. The molecule has 1 aromatic carbocycles. The van der Waals surface area contributed by atoms with Gasteiger partial charge < -0.3 is 23.9 Å². The number of benzene rings is 1. The van der Waals surface area contributed by atoms with Crippen molar-refractivity contribution in [1.82, 2.24) is 5.32 Å². The summed E-state index contributed by atoms with van der Waals surface area (Å²) in [5, 5.41) is 3.69. The lowest BCUT2D eigenvalue weighted by molar-refractivity contribution is -0.129. The van der Waals surface area contributed by atoms with E-state index < -0.39 is 12.4 Å². The molecular weight excluding hydrogens is 350 g/mol. The van der Waals surface area contributed by atoms with E-state index in [0.717, 1.165) is 42.2 Å². The van der Waals surface area contributed by atoms with Crippen molar-refractivity contribution in [3.05, 3.63) is 39.7 Å². The number of hydrogen-bond acceptors (Lipinski definition) is 6. The van der Waals surface area contributed by atoms with Crippen LogP contribution < -0.4 is 15.7 Å². The van der Waals surface area contributed by atoms with Gasteiger partial charge in [-0.1, -0.05) is 0 Å². The fraction of sp³-hybridized carbons (Fsp3) is 0.500. The van der Waals surface area contributed by atoms with Gasteiger partial charge >= 0.3 is 5.63 Å². The van der Waals surface area contributed by atoms with Crippen LogP contribution in [0.1, 0.15) is 30.9 Å². The van der Waals surface area contributed by atoms with E-state index in [1.807, 2.05) is 12.1 Å². The third-order valence-electron chi connectivity index (χ3n) is 5.01. The molecule has 144 valence electrons. The summed E-state index contributed by atoms with van der Waals surface area (Å²) in [6, 6.07) is 5.39. The van der Waals surface area contributed by atoms with Crippen LogP contribution in [0.3, 0.4) is 0 Å². The number of hydrogen-bond donors (Lipinski definition) is 1. The first kappa shape index (κ1) is 18.0. The third-order valence-corrected chi connectivity index (χ3v) is 5.01. The van der Waals surface area contributed by atoms with Crippen LogP contribution in [-0.4, -0.2) is 38.1 Å². The van der Waals surface area contributed by atoms with Crippen LogP contribution in [0.5, 0.6) is 5.75 Å². The molecule has 1 aliphatic carbocycles. The van der Waals surface area contributed by atoms with Crippen LogP contribution >= 0.6 is 0 Å². The number of amides is 1. The number of aryl methyl sites for hydroxylation is 1. The Morgan fingerprint density at radius 3 is 2.74 bits per heavy atom. The molecule has 0 bridgehead atoms. The van der Waals surface area contributed by atoms with Crippen LogP contribution in [0, 0.1) is 0 Å². The highest BCUT2D eigenvalue weighted by Gasteiger charge is 2.21. The van der Waals surface area contributed by atoms with Crippen LogP contribution in [0.25, 0.3) is 11.0 Å². The maximum absolute atomic E-state index is 12.2. The van der Waals surface area contributed by atoms with Crippen LogP contribution in [0.4, 0.5) is 0 Å². The minimum Gasteiger partial charge on any atom is -0.481 e. The number of ether oxygens (including phenoxy) is 3. The van der Waals surface area contributed by atoms with Crippen molar-refractivity contribution in [3.8, 4) is 5.75 Å². The number of nitrogens with one attached hydrogen (secondary N) is 1. The van der Waals surface area contributed by atoms with Gasteiger partial charge in [-0.15, -0.1) is 0 Å². The molecule has 0 spiro atoms. The molecule has 1 aliphatic heterocycles. The summed E-state index contributed by atoms with van der Waals surface area (Å²) >= 11 is 0.